The van der Waals surface area contributed by atoms with Crippen molar-refractivity contribution in [3.63, 3.8) is 0 Å². The fraction of sp³-hybridized carbons (Fsp3) is 0.417. The molecule has 2 heterocycles. The summed E-state index contributed by atoms with van der Waals surface area (Å²) in [5.41, 5.74) is 2.20. The van der Waals surface area contributed by atoms with E-state index in [9.17, 15) is 9.59 Å². The molecule has 2 aliphatic heterocycles. The molecule has 5 nitrogen and oxygen atoms in total. The first kappa shape index (κ1) is 20.9. The molecule has 0 bridgehead atoms. The van der Waals surface area contributed by atoms with Crippen LogP contribution in [-0.4, -0.2) is 48.6 Å². The molecule has 2 amide bonds. The Balaban J connectivity index is 1.30. The van der Waals surface area contributed by atoms with Crippen LogP contribution in [0.1, 0.15) is 37.3 Å². The molecule has 4 rings (SSSR count). The van der Waals surface area contributed by atoms with E-state index in [2.05, 4.69) is 22.3 Å². The van der Waals surface area contributed by atoms with Gasteiger partial charge in [0.05, 0.1) is 11.7 Å². The molecule has 0 spiro atoms. The monoisotopic (exact) mass is 423 g/mol. The van der Waals surface area contributed by atoms with Gasteiger partial charge in [0, 0.05) is 36.6 Å². The van der Waals surface area contributed by atoms with Crippen LogP contribution in [0.2, 0.25) is 0 Å². The minimum absolute atomic E-state index is 0.0250. The van der Waals surface area contributed by atoms with E-state index in [1.54, 1.807) is 11.8 Å². The van der Waals surface area contributed by atoms with Gasteiger partial charge in [-0.1, -0.05) is 42.5 Å². The Morgan fingerprint density at radius 2 is 1.67 bits per heavy atom. The van der Waals surface area contributed by atoms with Crippen molar-refractivity contribution in [1.82, 2.24) is 10.2 Å². The fourth-order valence-electron chi connectivity index (χ4n) is 4.27. The van der Waals surface area contributed by atoms with Crippen molar-refractivity contribution in [2.24, 2.45) is 0 Å². The van der Waals surface area contributed by atoms with Crippen molar-refractivity contribution in [1.29, 1.82) is 0 Å². The van der Waals surface area contributed by atoms with Gasteiger partial charge in [-0.3, -0.25) is 14.5 Å². The number of nitrogens with one attached hydrogen (secondary N) is 1. The third-order valence-electron chi connectivity index (χ3n) is 5.85. The summed E-state index contributed by atoms with van der Waals surface area (Å²) in [5.74, 6) is 0.865. The molecular formula is C24H29N3O2S. The summed E-state index contributed by atoms with van der Waals surface area (Å²) in [6.45, 7) is 3.42. The van der Waals surface area contributed by atoms with Gasteiger partial charge in [-0.05, 0) is 43.6 Å². The number of thioether (sulfide) groups is 1. The molecule has 0 saturated carbocycles. The summed E-state index contributed by atoms with van der Waals surface area (Å²) in [5, 5.41) is 3.08. The number of carbonyl (C=O) groups is 2. The Kier molecular flexibility index (Phi) is 7.07. The van der Waals surface area contributed by atoms with Crippen molar-refractivity contribution in [3.8, 4) is 0 Å². The van der Waals surface area contributed by atoms with E-state index in [0.29, 0.717) is 13.1 Å². The maximum atomic E-state index is 12.8. The molecule has 30 heavy (non-hydrogen) atoms. The minimum atomic E-state index is -0.0526. The van der Waals surface area contributed by atoms with Crippen LogP contribution >= 0.6 is 11.8 Å². The fourth-order valence-corrected chi connectivity index (χ4v) is 5.26. The molecule has 1 atom stereocenters. The second kappa shape index (κ2) is 10.1. The van der Waals surface area contributed by atoms with Gasteiger partial charge in [0.15, 0.2) is 0 Å². The van der Waals surface area contributed by atoms with Crippen molar-refractivity contribution in [2.45, 2.75) is 36.6 Å². The van der Waals surface area contributed by atoms with Crippen LogP contribution in [0.5, 0.6) is 0 Å². The lowest BCUT2D eigenvalue weighted by atomic mass is 10.1. The lowest BCUT2D eigenvalue weighted by Gasteiger charge is -2.29. The van der Waals surface area contributed by atoms with E-state index in [-0.39, 0.29) is 30.7 Å². The molecule has 0 aliphatic carbocycles. The highest BCUT2D eigenvalue weighted by atomic mass is 32.2. The zero-order valence-electron chi connectivity index (χ0n) is 17.3. The molecule has 1 unspecified atom stereocenters. The van der Waals surface area contributed by atoms with E-state index >= 15 is 0 Å². The van der Waals surface area contributed by atoms with Gasteiger partial charge < -0.3 is 10.2 Å². The number of likely N-dealkylation sites (tertiary alicyclic amines) is 1. The van der Waals surface area contributed by atoms with Gasteiger partial charge in [0.25, 0.3) is 0 Å². The first-order chi connectivity index (χ1) is 14.7. The third kappa shape index (κ3) is 5.05. The van der Waals surface area contributed by atoms with Crippen LogP contribution < -0.4 is 10.2 Å². The highest BCUT2D eigenvalue weighted by molar-refractivity contribution is 7.99. The summed E-state index contributed by atoms with van der Waals surface area (Å²) >= 11 is 1.78. The molecule has 2 aromatic rings. The smallest absolute Gasteiger partial charge is 0.227 e. The number of hydrogen-bond acceptors (Lipinski definition) is 4. The van der Waals surface area contributed by atoms with Crippen LogP contribution in [0.25, 0.3) is 0 Å². The van der Waals surface area contributed by atoms with E-state index in [1.165, 1.54) is 18.4 Å². The Hall–Kier alpha value is -2.31. The highest BCUT2D eigenvalue weighted by Crippen LogP contribution is 2.34. The van der Waals surface area contributed by atoms with Crippen molar-refractivity contribution < 1.29 is 9.59 Å². The SMILES string of the molecule is O=C(CCC(=O)N1CCSc2ccccc21)NCC(c1ccccc1)N1CCCC1. The largest absolute Gasteiger partial charge is 0.354 e. The zero-order valence-corrected chi connectivity index (χ0v) is 18.1. The number of benzene rings is 2. The van der Waals surface area contributed by atoms with Gasteiger partial charge in [-0.15, -0.1) is 11.8 Å². The molecule has 0 radical (unpaired) electrons. The Bertz CT molecular complexity index is 868. The number of carbonyl (C=O) groups excluding carboxylic acids is 2. The number of nitrogens with zero attached hydrogens (tertiary/aromatic N) is 2. The molecule has 1 N–H and O–H groups in total. The highest BCUT2D eigenvalue weighted by Gasteiger charge is 2.25. The minimum Gasteiger partial charge on any atom is -0.354 e. The van der Waals surface area contributed by atoms with Gasteiger partial charge in [0.1, 0.15) is 0 Å². The number of fused-ring (bicyclic) bond motifs is 1. The van der Waals surface area contributed by atoms with Crippen molar-refractivity contribution in [2.75, 3.05) is 36.8 Å². The number of rotatable bonds is 7. The topological polar surface area (TPSA) is 52.7 Å². The molecular weight excluding hydrogens is 394 g/mol. The lowest BCUT2D eigenvalue weighted by molar-refractivity contribution is -0.125. The van der Waals surface area contributed by atoms with Crippen molar-refractivity contribution in [3.05, 3.63) is 60.2 Å². The first-order valence-corrected chi connectivity index (χ1v) is 11.8. The van der Waals surface area contributed by atoms with Crippen molar-refractivity contribution >= 4 is 29.3 Å². The maximum absolute atomic E-state index is 12.8. The van der Waals surface area contributed by atoms with Crippen LogP contribution in [0.15, 0.2) is 59.5 Å². The summed E-state index contributed by atoms with van der Waals surface area (Å²) in [4.78, 5) is 30.7. The lowest BCUT2D eigenvalue weighted by Crippen LogP contribution is -2.38. The van der Waals surface area contributed by atoms with Crippen LogP contribution in [-0.2, 0) is 9.59 Å². The maximum Gasteiger partial charge on any atom is 0.227 e. The summed E-state index contributed by atoms with van der Waals surface area (Å²) in [6.07, 6.45) is 2.89. The standard InChI is InChI=1S/C24H29N3O2S/c28-23(12-13-24(29)27-16-17-30-22-11-5-4-10-20(22)27)25-18-21(26-14-6-7-15-26)19-8-2-1-3-9-19/h1-5,8-11,21H,6-7,12-18H2,(H,25,28). The number of hydrogen-bond donors (Lipinski definition) is 1. The Labute approximate surface area is 182 Å². The molecule has 2 aliphatic rings. The van der Waals surface area contributed by atoms with E-state index < -0.39 is 0 Å². The van der Waals surface area contributed by atoms with Gasteiger partial charge in [-0.25, -0.2) is 0 Å². The number of amides is 2. The molecule has 0 aromatic heterocycles. The predicted molar refractivity (Wildman–Crippen MR) is 122 cm³/mol. The second-order valence-electron chi connectivity index (χ2n) is 7.84. The Morgan fingerprint density at radius 1 is 0.933 bits per heavy atom. The molecule has 6 heteroatoms. The van der Waals surface area contributed by atoms with Crippen LogP contribution in [0, 0.1) is 0 Å². The van der Waals surface area contributed by atoms with Gasteiger partial charge >= 0.3 is 0 Å². The number of anilines is 1. The van der Waals surface area contributed by atoms with Gasteiger partial charge in [-0.2, -0.15) is 0 Å². The van der Waals surface area contributed by atoms with Crippen LogP contribution in [0.4, 0.5) is 5.69 Å². The summed E-state index contributed by atoms with van der Waals surface area (Å²) in [6, 6.07) is 18.6. The predicted octanol–water partition coefficient (Wildman–Crippen LogP) is 3.86. The van der Waals surface area contributed by atoms with Gasteiger partial charge in [0.2, 0.25) is 11.8 Å². The van der Waals surface area contributed by atoms with E-state index in [1.807, 2.05) is 47.4 Å². The quantitative estimate of drug-likeness (QED) is 0.735. The van der Waals surface area contributed by atoms with E-state index in [4.69, 9.17) is 0 Å². The molecule has 2 aromatic carbocycles. The second-order valence-corrected chi connectivity index (χ2v) is 8.97. The summed E-state index contributed by atoms with van der Waals surface area (Å²) in [7, 11) is 0. The third-order valence-corrected chi connectivity index (χ3v) is 6.90. The van der Waals surface area contributed by atoms with E-state index in [0.717, 1.165) is 29.4 Å². The molecule has 1 saturated heterocycles. The zero-order chi connectivity index (χ0) is 20.8. The first-order valence-electron chi connectivity index (χ1n) is 10.8. The summed E-state index contributed by atoms with van der Waals surface area (Å²) < 4.78 is 0. The van der Waals surface area contributed by atoms with Crippen LogP contribution in [0.3, 0.4) is 0 Å². The molecule has 1 fully saturated rings. The molecule has 158 valence electrons. The number of para-hydroxylation sites is 1. The normalized spacial score (nSPS) is 17.4. The average Bonchev–Trinajstić information content (AvgIpc) is 3.32. The average molecular weight is 424 g/mol. The Morgan fingerprint density at radius 3 is 2.47 bits per heavy atom.